The molecule has 0 aromatic heterocycles. The minimum atomic E-state index is -0.232. The van der Waals surface area contributed by atoms with Gasteiger partial charge in [0.15, 0.2) is 0 Å². The number of thiocarbonyl (C=S) groups is 1. The largest absolute Gasteiger partial charge is 0.507 e. The zero-order valence-corrected chi connectivity index (χ0v) is 19.5. The number of phenols is 1. The first-order valence-electron chi connectivity index (χ1n) is 9.37. The number of hydrogen-bond donors (Lipinski definition) is 2. The van der Waals surface area contributed by atoms with E-state index < -0.39 is 0 Å². The highest BCUT2D eigenvalue weighted by molar-refractivity contribution is 8.23. The number of hydrogen-bond acceptors (Lipinski definition) is 5. The van der Waals surface area contributed by atoms with Gasteiger partial charge in [-0.1, -0.05) is 70.7 Å². The van der Waals surface area contributed by atoms with Crippen LogP contribution >= 0.6 is 24.0 Å². The normalized spacial score (nSPS) is 13.0. The van der Waals surface area contributed by atoms with Gasteiger partial charge < -0.3 is 15.2 Å². The van der Waals surface area contributed by atoms with E-state index in [9.17, 15) is 10.3 Å². The molecule has 1 rings (SSSR count). The monoisotopic (exact) mass is 410 g/mol. The number of rotatable bonds is 5. The fraction of sp³-hybridized carbons (Fsp3) is 0.619. The minimum Gasteiger partial charge on any atom is -0.507 e. The predicted octanol–water partition coefficient (Wildman–Crippen LogP) is 5.53. The molecule has 0 spiro atoms. The molecule has 4 nitrogen and oxygen atoms in total. The maximum atomic E-state index is 10.9. The third-order valence-corrected chi connectivity index (χ3v) is 6.07. The molecule has 0 radical (unpaired) electrons. The van der Waals surface area contributed by atoms with Crippen LogP contribution in [0.3, 0.4) is 0 Å². The average molecular weight is 411 g/mol. The third kappa shape index (κ3) is 6.11. The Bertz CT molecular complexity index is 662. The molecule has 0 atom stereocenters. The van der Waals surface area contributed by atoms with Crippen LogP contribution in [0.4, 0.5) is 0 Å². The second-order valence-electron chi connectivity index (χ2n) is 8.69. The maximum absolute atomic E-state index is 10.9. The quantitative estimate of drug-likeness (QED) is 0.289. The second-order valence-corrected chi connectivity index (χ2v) is 10.3. The van der Waals surface area contributed by atoms with E-state index in [0.717, 1.165) is 34.1 Å². The average Bonchev–Trinajstić information content (AvgIpc) is 2.55. The Balaban J connectivity index is 3.32. The van der Waals surface area contributed by atoms with Gasteiger partial charge in [0.1, 0.15) is 10.1 Å². The minimum absolute atomic E-state index is 0.232. The summed E-state index contributed by atoms with van der Waals surface area (Å²) in [7, 11) is 0. The molecule has 0 heterocycles. The highest BCUT2D eigenvalue weighted by atomic mass is 32.2. The van der Waals surface area contributed by atoms with Gasteiger partial charge in [-0.15, -0.1) is 0 Å². The van der Waals surface area contributed by atoms with Gasteiger partial charge in [-0.3, -0.25) is 0 Å². The van der Waals surface area contributed by atoms with Crippen molar-refractivity contribution < 1.29 is 10.3 Å². The predicted molar refractivity (Wildman–Crippen MR) is 122 cm³/mol. The lowest BCUT2D eigenvalue weighted by Crippen LogP contribution is -2.27. The summed E-state index contributed by atoms with van der Waals surface area (Å²) < 4.78 is 0.798. The standard InChI is InChI=1S/C21H34N2O2S2/c1-9-23(10-2)19(26)27-13-17(22-25)14-11-15(20(3,4)5)18(24)16(12-14)21(6,7)8/h11-12,24-25H,9-10,13H2,1-8H3. The van der Waals surface area contributed by atoms with E-state index in [1.807, 2.05) is 12.1 Å². The van der Waals surface area contributed by atoms with Gasteiger partial charge in [0.05, 0.1) is 5.71 Å². The highest BCUT2D eigenvalue weighted by Gasteiger charge is 2.27. The van der Waals surface area contributed by atoms with E-state index in [1.54, 1.807) is 0 Å². The van der Waals surface area contributed by atoms with E-state index in [0.29, 0.717) is 17.2 Å². The van der Waals surface area contributed by atoms with Crippen LogP contribution < -0.4 is 0 Å². The van der Waals surface area contributed by atoms with E-state index in [4.69, 9.17) is 12.2 Å². The molecule has 152 valence electrons. The molecule has 0 aliphatic heterocycles. The molecule has 6 heteroatoms. The molecule has 0 amide bonds. The Kier molecular flexibility index (Phi) is 8.17. The van der Waals surface area contributed by atoms with Crippen LogP contribution in [0.1, 0.15) is 72.1 Å². The first-order chi connectivity index (χ1) is 12.4. The lowest BCUT2D eigenvalue weighted by molar-refractivity contribution is 0.319. The van der Waals surface area contributed by atoms with Gasteiger partial charge >= 0.3 is 0 Å². The van der Waals surface area contributed by atoms with Crippen molar-refractivity contribution in [2.24, 2.45) is 5.16 Å². The zero-order valence-electron chi connectivity index (χ0n) is 17.9. The van der Waals surface area contributed by atoms with Crippen LogP contribution in [-0.4, -0.2) is 44.1 Å². The fourth-order valence-corrected chi connectivity index (χ4v) is 4.18. The lowest BCUT2D eigenvalue weighted by atomic mass is 9.78. The molecule has 1 aromatic carbocycles. The van der Waals surface area contributed by atoms with Crippen molar-refractivity contribution >= 4 is 34.0 Å². The summed E-state index contributed by atoms with van der Waals surface area (Å²) in [5, 5.41) is 24.1. The number of phenolic OH excluding ortho intramolecular Hbond substituents is 1. The van der Waals surface area contributed by atoms with Crippen molar-refractivity contribution in [2.75, 3.05) is 18.8 Å². The van der Waals surface area contributed by atoms with Crippen molar-refractivity contribution in [2.45, 2.75) is 66.2 Å². The van der Waals surface area contributed by atoms with E-state index >= 15 is 0 Å². The molecule has 0 saturated carbocycles. The van der Waals surface area contributed by atoms with Crippen molar-refractivity contribution in [1.29, 1.82) is 0 Å². The Morgan fingerprint density at radius 2 is 1.48 bits per heavy atom. The van der Waals surface area contributed by atoms with Crippen LogP contribution in [0, 0.1) is 0 Å². The zero-order chi connectivity index (χ0) is 21.0. The van der Waals surface area contributed by atoms with Crippen LogP contribution in [-0.2, 0) is 10.8 Å². The molecule has 0 aliphatic rings. The Hall–Kier alpha value is -1.27. The first kappa shape index (κ1) is 23.8. The Morgan fingerprint density at radius 1 is 1.04 bits per heavy atom. The molecule has 0 fully saturated rings. The summed E-state index contributed by atoms with van der Waals surface area (Å²) in [6.45, 7) is 18.3. The number of oxime groups is 1. The van der Waals surface area contributed by atoms with E-state index in [1.165, 1.54) is 11.8 Å². The molecule has 0 unspecified atom stereocenters. The van der Waals surface area contributed by atoms with Gasteiger partial charge in [-0.25, -0.2) is 0 Å². The number of aromatic hydroxyl groups is 1. The summed E-state index contributed by atoms with van der Waals surface area (Å²) in [5.74, 6) is 0.798. The summed E-state index contributed by atoms with van der Waals surface area (Å²) in [4.78, 5) is 2.10. The molecule has 1 aromatic rings. The number of nitrogens with zero attached hydrogens (tertiary/aromatic N) is 2. The first-order valence-corrected chi connectivity index (χ1v) is 10.8. The van der Waals surface area contributed by atoms with Crippen LogP contribution in [0.2, 0.25) is 0 Å². The molecule has 0 aliphatic carbocycles. The third-order valence-electron chi connectivity index (χ3n) is 4.53. The summed E-state index contributed by atoms with van der Waals surface area (Å²) >= 11 is 6.99. The second kappa shape index (κ2) is 9.28. The van der Waals surface area contributed by atoms with Crippen molar-refractivity contribution in [3.05, 3.63) is 28.8 Å². The fourth-order valence-electron chi connectivity index (χ4n) is 2.82. The van der Waals surface area contributed by atoms with Gasteiger partial charge in [0, 0.05) is 35.5 Å². The van der Waals surface area contributed by atoms with Crippen molar-refractivity contribution in [1.82, 2.24) is 4.90 Å². The molecular weight excluding hydrogens is 376 g/mol. The molecule has 0 saturated heterocycles. The smallest absolute Gasteiger partial charge is 0.136 e. The SMILES string of the molecule is CCN(CC)C(=S)SCC(=NO)c1cc(C(C)(C)C)c(O)c(C(C)(C)C)c1. The van der Waals surface area contributed by atoms with Crippen LogP contribution in [0.25, 0.3) is 0 Å². The molecular formula is C21H34N2O2S2. The van der Waals surface area contributed by atoms with Crippen molar-refractivity contribution in [3.8, 4) is 5.75 Å². The number of thioether (sulfide) groups is 1. The molecule has 0 bridgehead atoms. The van der Waals surface area contributed by atoms with Gasteiger partial charge in [0.2, 0.25) is 0 Å². The van der Waals surface area contributed by atoms with Gasteiger partial charge in [0.25, 0.3) is 0 Å². The maximum Gasteiger partial charge on any atom is 0.136 e. The molecule has 2 N–H and O–H groups in total. The number of benzene rings is 1. The Labute approximate surface area is 174 Å². The Morgan fingerprint density at radius 3 is 1.81 bits per heavy atom. The van der Waals surface area contributed by atoms with E-state index in [2.05, 4.69) is 65.4 Å². The summed E-state index contributed by atoms with van der Waals surface area (Å²) in [6.07, 6.45) is 0. The van der Waals surface area contributed by atoms with Crippen LogP contribution in [0.15, 0.2) is 17.3 Å². The highest BCUT2D eigenvalue weighted by Crippen LogP contribution is 2.40. The van der Waals surface area contributed by atoms with Crippen LogP contribution in [0.5, 0.6) is 5.75 Å². The summed E-state index contributed by atoms with van der Waals surface area (Å²) in [5.41, 5.74) is 2.62. The lowest BCUT2D eigenvalue weighted by Gasteiger charge is -2.28. The van der Waals surface area contributed by atoms with Gasteiger partial charge in [-0.05, 0) is 36.8 Å². The van der Waals surface area contributed by atoms with Gasteiger partial charge in [-0.2, -0.15) is 0 Å². The summed E-state index contributed by atoms with van der Waals surface area (Å²) in [6, 6.07) is 3.86. The van der Waals surface area contributed by atoms with Crippen molar-refractivity contribution in [3.63, 3.8) is 0 Å². The van der Waals surface area contributed by atoms with E-state index in [-0.39, 0.29) is 10.8 Å². The topological polar surface area (TPSA) is 56.1 Å². The molecule has 27 heavy (non-hydrogen) atoms.